The molecule has 3 aromatic rings. The monoisotopic (exact) mass is 476 g/mol. The maximum absolute atomic E-state index is 13.1. The predicted octanol–water partition coefficient (Wildman–Crippen LogP) is 5.17. The molecule has 0 spiro atoms. The normalized spacial score (nSPS) is 16.6. The fraction of sp³-hybridized carbons (Fsp3) is 0.458. The van der Waals surface area contributed by atoms with E-state index in [4.69, 9.17) is 14.2 Å². The van der Waals surface area contributed by atoms with Gasteiger partial charge in [0.05, 0.1) is 37.0 Å². The van der Waals surface area contributed by atoms with Crippen molar-refractivity contribution < 1.29 is 27.4 Å². The number of methoxy groups -OCH3 is 1. The summed E-state index contributed by atoms with van der Waals surface area (Å²) < 4.78 is 56.6. The minimum absolute atomic E-state index is 0.0581. The summed E-state index contributed by atoms with van der Waals surface area (Å²) in [7, 11) is 1.56. The number of hydrogen-bond donors (Lipinski definition) is 1. The molecule has 7 nitrogen and oxygen atoms in total. The third-order valence-electron chi connectivity index (χ3n) is 5.96. The van der Waals surface area contributed by atoms with Crippen molar-refractivity contribution in [3.05, 3.63) is 47.5 Å². The molecule has 0 amide bonds. The van der Waals surface area contributed by atoms with Gasteiger partial charge in [0.15, 0.2) is 11.5 Å². The highest BCUT2D eigenvalue weighted by Crippen LogP contribution is 2.39. The van der Waals surface area contributed by atoms with Gasteiger partial charge in [-0.3, -0.25) is 4.98 Å². The number of pyridine rings is 1. The van der Waals surface area contributed by atoms with Crippen LogP contribution in [0.1, 0.15) is 37.4 Å². The lowest BCUT2D eigenvalue weighted by Crippen LogP contribution is -2.38. The first-order chi connectivity index (χ1) is 16.1. The van der Waals surface area contributed by atoms with E-state index in [2.05, 4.69) is 20.3 Å². The van der Waals surface area contributed by atoms with E-state index in [0.717, 1.165) is 24.8 Å². The van der Waals surface area contributed by atoms with Gasteiger partial charge >= 0.3 is 6.18 Å². The summed E-state index contributed by atoms with van der Waals surface area (Å²) >= 11 is 0. The zero-order valence-electron chi connectivity index (χ0n) is 19.5. The third kappa shape index (κ3) is 5.16. The van der Waals surface area contributed by atoms with Crippen molar-refractivity contribution in [3.63, 3.8) is 0 Å². The minimum atomic E-state index is -4.43. The Morgan fingerprint density at radius 2 is 1.94 bits per heavy atom. The molecular weight excluding hydrogens is 449 g/mol. The second kappa shape index (κ2) is 9.25. The Morgan fingerprint density at radius 1 is 1.15 bits per heavy atom. The summed E-state index contributed by atoms with van der Waals surface area (Å²) in [4.78, 5) is 13.0. The molecular formula is C24H27F3N4O3. The van der Waals surface area contributed by atoms with Crippen LogP contribution >= 0.6 is 0 Å². The molecule has 10 heteroatoms. The molecule has 0 aliphatic carbocycles. The number of alkyl halides is 3. The smallest absolute Gasteiger partial charge is 0.416 e. The molecule has 3 heterocycles. The molecule has 1 fully saturated rings. The molecule has 1 aliphatic heterocycles. The molecule has 1 saturated heterocycles. The molecule has 1 N–H and O–H groups in total. The van der Waals surface area contributed by atoms with E-state index in [1.54, 1.807) is 26.2 Å². The summed E-state index contributed by atoms with van der Waals surface area (Å²) in [6.07, 6.45) is -2.38. The van der Waals surface area contributed by atoms with E-state index in [0.29, 0.717) is 47.3 Å². The molecule has 1 unspecified atom stereocenters. The number of nitrogens with one attached hydrogen (secondary N) is 1. The van der Waals surface area contributed by atoms with E-state index in [1.165, 1.54) is 0 Å². The van der Waals surface area contributed by atoms with Crippen molar-refractivity contribution in [2.45, 2.75) is 45.5 Å². The zero-order chi connectivity index (χ0) is 24.5. The third-order valence-corrected chi connectivity index (χ3v) is 5.96. The summed E-state index contributed by atoms with van der Waals surface area (Å²) in [5, 5.41) is 3.77. The lowest BCUT2D eigenvalue weighted by molar-refractivity contribution is -0.137. The largest absolute Gasteiger partial charge is 0.493 e. The van der Waals surface area contributed by atoms with Crippen LogP contribution in [-0.4, -0.2) is 40.9 Å². The topological polar surface area (TPSA) is 78.4 Å². The van der Waals surface area contributed by atoms with E-state index in [9.17, 15) is 13.2 Å². The van der Waals surface area contributed by atoms with Gasteiger partial charge in [0.2, 0.25) is 0 Å². The number of aryl methyl sites for hydroxylation is 1. The number of rotatable bonds is 7. The minimum Gasteiger partial charge on any atom is -0.493 e. The zero-order valence-corrected chi connectivity index (χ0v) is 19.5. The van der Waals surface area contributed by atoms with Crippen LogP contribution < -0.4 is 14.8 Å². The number of aromatic nitrogens is 3. The van der Waals surface area contributed by atoms with Gasteiger partial charge in [-0.1, -0.05) is 0 Å². The van der Waals surface area contributed by atoms with Gasteiger partial charge in [-0.25, -0.2) is 9.97 Å². The van der Waals surface area contributed by atoms with Crippen LogP contribution in [0.4, 0.5) is 19.0 Å². The SMILES string of the molecule is COc1cc2nc(C)nc(NCc3cc(C(F)(F)F)ccn3)c2cc1OC(C)(C)C1CCOC1. The molecule has 1 aliphatic rings. The highest BCUT2D eigenvalue weighted by molar-refractivity contribution is 5.91. The maximum atomic E-state index is 13.1. The van der Waals surface area contributed by atoms with Crippen LogP contribution in [0, 0.1) is 12.8 Å². The number of anilines is 1. The van der Waals surface area contributed by atoms with E-state index in [-0.39, 0.29) is 18.2 Å². The van der Waals surface area contributed by atoms with Gasteiger partial charge in [-0.15, -0.1) is 0 Å². The van der Waals surface area contributed by atoms with E-state index < -0.39 is 17.3 Å². The number of ether oxygens (including phenoxy) is 3. The van der Waals surface area contributed by atoms with Crippen molar-refractivity contribution in [2.75, 3.05) is 25.6 Å². The summed E-state index contributed by atoms with van der Waals surface area (Å²) in [5.41, 5.74) is -0.384. The summed E-state index contributed by atoms with van der Waals surface area (Å²) in [6.45, 7) is 7.16. The lowest BCUT2D eigenvalue weighted by atomic mass is 9.90. The van der Waals surface area contributed by atoms with Crippen LogP contribution in [0.15, 0.2) is 30.5 Å². The lowest BCUT2D eigenvalue weighted by Gasteiger charge is -2.32. The summed E-state index contributed by atoms with van der Waals surface area (Å²) in [6, 6.07) is 5.54. The van der Waals surface area contributed by atoms with Gasteiger partial charge in [-0.05, 0) is 45.4 Å². The van der Waals surface area contributed by atoms with Crippen LogP contribution in [0.2, 0.25) is 0 Å². The first-order valence-corrected chi connectivity index (χ1v) is 11.0. The van der Waals surface area contributed by atoms with Crippen LogP contribution in [0.5, 0.6) is 11.5 Å². The Hall–Kier alpha value is -3.14. The highest BCUT2D eigenvalue weighted by Gasteiger charge is 2.35. The van der Waals surface area contributed by atoms with E-state index >= 15 is 0 Å². The first-order valence-electron chi connectivity index (χ1n) is 11.0. The van der Waals surface area contributed by atoms with Crippen molar-refractivity contribution in [2.24, 2.45) is 5.92 Å². The molecule has 1 aromatic carbocycles. The molecule has 1 atom stereocenters. The Balaban J connectivity index is 1.66. The number of halogens is 3. The predicted molar refractivity (Wildman–Crippen MR) is 121 cm³/mol. The average Bonchev–Trinajstić information content (AvgIpc) is 3.33. The van der Waals surface area contributed by atoms with Crippen LogP contribution in [0.25, 0.3) is 10.9 Å². The molecule has 0 saturated carbocycles. The Morgan fingerprint density at radius 3 is 2.62 bits per heavy atom. The van der Waals surface area contributed by atoms with Crippen molar-refractivity contribution in [1.82, 2.24) is 15.0 Å². The highest BCUT2D eigenvalue weighted by atomic mass is 19.4. The van der Waals surface area contributed by atoms with E-state index in [1.807, 2.05) is 13.8 Å². The van der Waals surface area contributed by atoms with Crippen molar-refractivity contribution in [1.29, 1.82) is 0 Å². The van der Waals surface area contributed by atoms with Crippen LogP contribution in [-0.2, 0) is 17.5 Å². The Labute approximate surface area is 195 Å². The first kappa shape index (κ1) is 24.0. The molecule has 182 valence electrons. The molecule has 2 aromatic heterocycles. The number of fused-ring (bicyclic) bond motifs is 1. The number of benzene rings is 1. The fourth-order valence-electron chi connectivity index (χ4n) is 4.00. The quantitative estimate of drug-likeness (QED) is 0.504. The van der Waals surface area contributed by atoms with Gasteiger partial charge < -0.3 is 19.5 Å². The fourth-order valence-corrected chi connectivity index (χ4v) is 4.00. The number of hydrogen-bond acceptors (Lipinski definition) is 7. The summed E-state index contributed by atoms with van der Waals surface area (Å²) in [5.74, 6) is 2.26. The number of nitrogens with zero attached hydrogens (tertiary/aromatic N) is 3. The van der Waals surface area contributed by atoms with Gasteiger partial charge in [0, 0.05) is 30.2 Å². The Bertz CT molecular complexity index is 1180. The Kier molecular flexibility index (Phi) is 6.53. The van der Waals surface area contributed by atoms with Gasteiger partial charge in [-0.2, -0.15) is 13.2 Å². The second-order valence-electron chi connectivity index (χ2n) is 8.79. The molecule has 0 radical (unpaired) electrons. The standard InChI is InChI=1S/C24H27F3N4O3/c1-14-30-19-11-20(32-4)21(34-23(2,3)16-6-8-33-13-16)10-18(19)22(31-14)29-12-17-9-15(5-7-28-17)24(25,26)27/h5,7,9-11,16H,6,8,12-13H2,1-4H3,(H,29,30,31). The molecule has 34 heavy (non-hydrogen) atoms. The average molecular weight is 476 g/mol. The van der Waals surface area contributed by atoms with Crippen LogP contribution in [0.3, 0.4) is 0 Å². The maximum Gasteiger partial charge on any atom is 0.416 e. The van der Waals surface area contributed by atoms with Crippen molar-refractivity contribution >= 4 is 16.7 Å². The van der Waals surface area contributed by atoms with Crippen molar-refractivity contribution in [3.8, 4) is 11.5 Å². The second-order valence-corrected chi connectivity index (χ2v) is 8.79. The molecule has 0 bridgehead atoms. The van der Waals surface area contributed by atoms with Gasteiger partial charge in [0.1, 0.15) is 17.2 Å². The molecule has 4 rings (SSSR count). The van der Waals surface area contributed by atoms with Gasteiger partial charge in [0.25, 0.3) is 0 Å².